The molecule has 1 unspecified atom stereocenters. The van der Waals surface area contributed by atoms with Crippen LogP contribution in [0.3, 0.4) is 0 Å². The molecule has 0 aromatic carbocycles. The van der Waals surface area contributed by atoms with Crippen molar-refractivity contribution in [1.29, 1.82) is 0 Å². The van der Waals surface area contributed by atoms with Crippen molar-refractivity contribution in [3.05, 3.63) is 35.7 Å². The molecule has 96 valence electrons. The second kappa shape index (κ2) is 4.57. The van der Waals surface area contributed by atoms with Crippen LogP contribution in [-0.2, 0) is 6.54 Å². The molecule has 1 fully saturated rings. The van der Waals surface area contributed by atoms with Gasteiger partial charge < -0.3 is 14.4 Å². The number of aromatic nitrogens is 3. The fourth-order valence-electron chi connectivity index (χ4n) is 1.98. The maximum absolute atomic E-state index is 5.27. The van der Waals surface area contributed by atoms with Crippen LogP contribution in [0.5, 0.6) is 0 Å². The lowest BCUT2D eigenvalue weighted by atomic mass is 10.2. The lowest BCUT2D eigenvalue weighted by Crippen LogP contribution is -2.11. The van der Waals surface area contributed by atoms with E-state index in [0.717, 1.165) is 5.82 Å². The number of nitrogens with zero attached hydrogens (tertiary/aromatic N) is 3. The Kier molecular flexibility index (Phi) is 2.91. The zero-order valence-electron chi connectivity index (χ0n) is 10.8. The van der Waals surface area contributed by atoms with Crippen LogP contribution in [0.25, 0.3) is 0 Å². The molecule has 1 N–H and O–H groups in total. The van der Waals surface area contributed by atoms with E-state index in [9.17, 15) is 0 Å². The number of rotatable bonds is 5. The van der Waals surface area contributed by atoms with Crippen LogP contribution < -0.4 is 5.32 Å². The summed E-state index contributed by atoms with van der Waals surface area (Å²) >= 11 is 0. The van der Waals surface area contributed by atoms with E-state index in [4.69, 9.17) is 4.52 Å². The first-order valence-electron chi connectivity index (χ1n) is 6.41. The predicted molar refractivity (Wildman–Crippen MR) is 67.3 cm³/mol. The molecule has 1 aliphatic rings. The molecule has 1 atom stereocenters. The molecular formula is C13H18N4O. The van der Waals surface area contributed by atoms with Crippen molar-refractivity contribution in [2.45, 2.75) is 38.3 Å². The van der Waals surface area contributed by atoms with Crippen LogP contribution in [-0.4, -0.2) is 21.8 Å². The van der Waals surface area contributed by atoms with Crippen molar-refractivity contribution in [3.63, 3.8) is 0 Å². The summed E-state index contributed by atoms with van der Waals surface area (Å²) in [5, 5.41) is 7.24. The van der Waals surface area contributed by atoms with Gasteiger partial charge in [0.25, 0.3) is 0 Å². The molecule has 1 aliphatic carbocycles. The molecule has 5 nitrogen and oxygen atoms in total. The first-order chi connectivity index (χ1) is 8.76. The van der Waals surface area contributed by atoms with Gasteiger partial charge in [0.1, 0.15) is 6.54 Å². The van der Waals surface area contributed by atoms with Crippen molar-refractivity contribution in [2.24, 2.45) is 0 Å². The van der Waals surface area contributed by atoms with Crippen molar-refractivity contribution in [2.75, 3.05) is 7.05 Å². The third-order valence-electron chi connectivity index (χ3n) is 3.45. The predicted octanol–water partition coefficient (Wildman–Crippen LogP) is 2.08. The van der Waals surface area contributed by atoms with Crippen LogP contribution in [0.15, 0.2) is 23.0 Å². The second-order valence-corrected chi connectivity index (χ2v) is 4.95. The van der Waals surface area contributed by atoms with E-state index in [2.05, 4.69) is 39.2 Å². The Morgan fingerprint density at radius 2 is 2.39 bits per heavy atom. The van der Waals surface area contributed by atoms with Gasteiger partial charge in [-0.05, 0) is 38.4 Å². The Morgan fingerprint density at radius 3 is 3.11 bits per heavy atom. The standard InChI is InChI=1S/C13H18N4O/c1-9(14-2)11-5-6-17(7-11)8-12-15-13(16-18-12)10-3-4-10/h5-7,9-10,14H,3-4,8H2,1-2H3. The summed E-state index contributed by atoms with van der Waals surface area (Å²) in [5.41, 5.74) is 1.26. The molecule has 5 heteroatoms. The minimum Gasteiger partial charge on any atom is -0.345 e. The fraction of sp³-hybridized carbons (Fsp3) is 0.538. The first kappa shape index (κ1) is 11.5. The SMILES string of the molecule is CNC(C)c1ccn(Cc2nc(C3CC3)no2)c1. The minimum absolute atomic E-state index is 0.357. The molecule has 0 aliphatic heterocycles. The van der Waals surface area contributed by atoms with E-state index in [1.807, 2.05) is 13.2 Å². The number of hydrogen-bond acceptors (Lipinski definition) is 4. The molecule has 2 aromatic heterocycles. The normalized spacial score (nSPS) is 17.0. The molecule has 0 saturated heterocycles. The highest BCUT2D eigenvalue weighted by atomic mass is 16.5. The maximum atomic E-state index is 5.27. The molecule has 1 saturated carbocycles. The van der Waals surface area contributed by atoms with Crippen LogP contribution in [0.2, 0.25) is 0 Å². The zero-order valence-corrected chi connectivity index (χ0v) is 10.8. The molecule has 18 heavy (non-hydrogen) atoms. The van der Waals surface area contributed by atoms with Gasteiger partial charge >= 0.3 is 0 Å². The maximum Gasteiger partial charge on any atom is 0.246 e. The molecule has 3 rings (SSSR count). The Bertz CT molecular complexity index is 527. The Labute approximate surface area is 106 Å². The molecule has 0 spiro atoms. The number of nitrogens with one attached hydrogen (secondary N) is 1. The van der Waals surface area contributed by atoms with Crippen LogP contribution in [0.4, 0.5) is 0 Å². The summed E-state index contributed by atoms with van der Waals surface area (Å²) in [7, 11) is 1.96. The van der Waals surface area contributed by atoms with Gasteiger partial charge in [-0.25, -0.2) is 0 Å². The Morgan fingerprint density at radius 1 is 1.56 bits per heavy atom. The zero-order chi connectivity index (χ0) is 12.5. The van der Waals surface area contributed by atoms with Gasteiger partial charge in [-0.15, -0.1) is 0 Å². The molecule has 0 radical (unpaired) electrons. The topological polar surface area (TPSA) is 55.9 Å². The van der Waals surface area contributed by atoms with Crippen molar-refractivity contribution in [3.8, 4) is 0 Å². The average molecular weight is 246 g/mol. The van der Waals surface area contributed by atoms with Crippen LogP contribution in [0.1, 0.15) is 49.0 Å². The summed E-state index contributed by atoms with van der Waals surface area (Å²) < 4.78 is 7.35. The average Bonchev–Trinajstić information content (AvgIpc) is 2.96. The summed E-state index contributed by atoms with van der Waals surface area (Å²) in [4.78, 5) is 4.43. The summed E-state index contributed by atoms with van der Waals surface area (Å²) in [6, 6.07) is 2.47. The lowest BCUT2D eigenvalue weighted by Gasteiger charge is -2.06. The van der Waals surface area contributed by atoms with E-state index in [1.165, 1.54) is 18.4 Å². The van der Waals surface area contributed by atoms with Crippen molar-refractivity contribution < 1.29 is 4.52 Å². The van der Waals surface area contributed by atoms with Gasteiger partial charge in [0, 0.05) is 24.4 Å². The summed E-state index contributed by atoms with van der Waals surface area (Å²) in [6.07, 6.45) is 6.56. The van der Waals surface area contributed by atoms with Crippen LogP contribution in [0, 0.1) is 0 Å². The number of hydrogen-bond donors (Lipinski definition) is 1. The minimum atomic E-state index is 0.357. The lowest BCUT2D eigenvalue weighted by molar-refractivity contribution is 0.366. The molecule has 0 bridgehead atoms. The van der Waals surface area contributed by atoms with Gasteiger partial charge in [-0.3, -0.25) is 0 Å². The Hall–Kier alpha value is -1.62. The van der Waals surface area contributed by atoms with Gasteiger partial charge in [-0.1, -0.05) is 5.16 Å². The van der Waals surface area contributed by atoms with Gasteiger partial charge in [0.2, 0.25) is 5.89 Å². The third kappa shape index (κ3) is 2.31. The fourth-order valence-corrected chi connectivity index (χ4v) is 1.98. The third-order valence-corrected chi connectivity index (χ3v) is 3.45. The largest absolute Gasteiger partial charge is 0.345 e. The molecule has 2 heterocycles. The van der Waals surface area contributed by atoms with E-state index in [0.29, 0.717) is 24.4 Å². The van der Waals surface area contributed by atoms with Gasteiger partial charge in [0.15, 0.2) is 5.82 Å². The molecular weight excluding hydrogens is 228 g/mol. The molecule has 0 amide bonds. The smallest absolute Gasteiger partial charge is 0.246 e. The van der Waals surface area contributed by atoms with Crippen LogP contribution >= 0.6 is 0 Å². The highest BCUT2D eigenvalue weighted by Gasteiger charge is 2.28. The quantitative estimate of drug-likeness (QED) is 0.877. The van der Waals surface area contributed by atoms with E-state index in [-0.39, 0.29) is 0 Å². The monoisotopic (exact) mass is 246 g/mol. The van der Waals surface area contributed by atoms with Crippen molar-refractivity contribution in [1.82, 2.24) is 20.0 Å². The highest BCUT2D eigenvalue weighted by molar-refractivity contribution is 5.15. The summed E-state index contributed by atoms with van der Waals surface area (Å²) in [6.45, 7) is 2.79. The molecule has 2 aromatic rings. The van der Waals surface area contributed by atoms with Gasteiger partial charge in [0.05, 0.1) is 0 Å². The van der Waals surface area contributed by atoms with Gasteiger partial charge in [-0.2, -0.15) is 4.98 Å². The summed E-state index contributed by atoms with van der Waals surface area (Å²) in [5.74, 6) is 2.11. The highest BCUT2D eigenvalue weighted by Crippen LogP contribution is 2.38. The van der Waals surface area contributed by atoms with E-state index >= 15 is 0 Å². The first-order valence-corrected chi connectivity index (χ1v) is 6.41. The second-order valence-electron chi connectivity index (χ2n) is 4.95. The van der Waals surface area contributed by atoms with Crippen molar-refractivity contribution >= 4 is 0 Å². The Balaban J connectivity index is 1.69. The van der Waals surface area contributed by atoms with E-state index in [1.54, 1.807) is 0 Å². The van der Waals surface area contributed by atoms with E-state index < -0.39 is 0 Å².